The largest absolute Gasteiger partial charge is 0.481 e. The van der Waals surface area contributed by atoms with Gasteiger partial charge in [0.25, 0.3) is 5.91 Å². The minimum Gasteiger partial charge on any atom is -0.481 e. The SMILES string of the molecule is CCCNC(=O)C(C)Oc1ccc(C(N)=S)c(Cl)c1. The van der Waals surface area contributed by atoms with Crippen LogP contribution in [-0.4, -0.2) is 23.5 Å². The van der Waals surface area contributed by atoms with Gasteiger partial charge < -0.3 is 15.8 Å². The summed E-state index contributed by atoms with van der Waals surface area (Å²) < 4.78 is 5.51. The molecule has 104 valence electrons. The van der Waals surface area contributed by atoms with E-state index in [9.17, 15) is 4.79 Å². The quantitative estimate of drug-likeness (QED) is 0.791. The van der Waals surface area contributed by atoms with Gasteiger partial charge in [-0.05, 0) is 31.5 Å². The molecule has 1 aromatic carbocycles. The molecule has 3 N–H and O–H groups in total. The van der Waals surface area contributed by atoms with Crippen LogP contribution in [0.1, 0.15) is 25.8 Å². The van der Waals surface area contributed by atoms with Crippen LogP contribution in [0.5, 0.6) is 5.75 Å². The number of halogens is 1. The Morgan fingerprint density at radius 2 is 2.26 bits per heavy atom. The average molecular weight is 301 g/mol. The predicted octanol–water partition coefficient (Wildman–Crippen LogP) is 2.27. The third-order valence-electron chi connectivity index (χ3n) is 2.44. The predicted molar refractivity (Wildman–Crippen MR) is 80.7 cm³/mol. The number of nitrogens with one attached hydrogen (secondary N) is 1. The van der Waals surface area contributed by atoms with Crippen LogP contribution in [0.3, 0.4) is 0 Å². The van der Waals surface area contributed by atoms with Crippen LogP contribution in [0.2, 0.25) is 5.02 Å². The molecule has 4 nitrogen and oxygen atoms in total. The third kappa shape index (κ3) is 4.69. The summed E-state index contributed by atoms with van der Waals surface area (Å²) in [7, 11) is 0. The highest BCUT2D eigenvalue weighted by atomic mass is 35.5. The standard InChI is InChI=1S/C13H17ClN2O2S/c1-3-6-16-13(17)8(2)18-9-4-5-10(12(15)19)11(14)7-9/h4-5,7-8H,3,6H2,1-2H3,(H2,15,19)(H,16,17). The van der Waals surface area contributed by atoms with Crippen molar-refractivity contribution < 1.29 is 9.53 Å². The number of hydrogen-bond acceptors (Lipinski definition) is 3. The molecule has 1 aromatic rings. The monoisotopic (exact) mass is 300 g/mol. The van der Waals surface area contributed by atoms with Gasteiger partial charge in [0.05, 0.1) is 5.02 Å². The lowest BCUT2D eigenvalue weighted by molar-refractivity contribution is -0.127. The highest BCUT2D eigenvalue weighted by Gasteiger charge is 2.14. The van der Waals surface area contributed by atoms with Gasteiger partial charge in [-0.1, -0.05) is 30.7 Å². The van der Waals surface area contributed by atoms with E-state index in [1.807, 2.05) is 6.92 Å². The van der Waals surface area contributed by atoms with E-state index in [4.69, 9.17) is 34.3 Å². The van der Waals surface area contributed by atoms with Crippen LogP contribution in [0.25, 0.3) is 0 Å². The molecular formula is C13H17ClN2O2S. The van der Waals surface area contributed by atoms with E-state index in [2.05, 4.69) is 5.32 Å². The maximum Gasteiger partial charge on any atom is 0.260 e. The Labute approximate surface area is 123 Å². The summed E-state index contributed by atoms with van der Waals surface area (Å²) in [6.07, 6.45) is 0.297. The lowest BCUT2D eigenvalue weighted by Gasteiger charge is -2.15. The van der Waals surface area contributed by atoms with Gasteiger partial charge in [0.1, 0.15) is 10.7 Å². The van der Waals surface area contributed by atoms with Gasteiger partial charge in [-0.3, -0.25) is 4.79 Å². The summed E-state index contributed by atoms with van der Waals surface area (Å²) in [6, 6.07) is 4.96. The fourth-order valence-corrected chi connectivity index (χ4v) is 1.92. The lowest BCUT2D eigenvalue weighted by Crippen LogP contribution is -2.36. The molecule has 0 saturated heterocycles. The van der Waals surface area contributed by atoms with Crippen LogP contribution >= 0.6 is 23.8 Å². The number of carbonyl (C=O) groups is 1. The van der Waals surface area contributed by atoms with Gasteiger partial charge in [-0.15, -0.1) is 0 Å². The van der Waals surface area contributed by atoms with Gasteiger partial charge in [0.2, 0.25) is 0 Å². The van der Waals surface area contributed by atoms with Crippen molar-refractivity contribution in [2.75, 3.05) is 6.54 Å². The summed E-state index contributed by atoms with van der Waals surface area (Å²) in [5.74, 6) is 0.348. The van der Waals surface area contributed by atoms with Crippen LogP contribution in [-0.2, 0) is 4.79 Å². The maximum atomic E-state index is 11.7. The molecule has 1 atom stereocenters. The highest BCUT2D eigenvalue weighted by molar-refractivity contribution is 7.80. The van der Waals surface area contributed by atoms with Gasteiger partial charge in [-0.25, -0.2) is 0 Å². The molecule has 0 bridgehead atoms. The van der Waals surface area contributed by atoms with Crippen molar-refractivity contribution in [3.05, 3.63) is 28.8 Å². The molecule has 0 spiro atoms. The Bertz CT molecular complexity index is 480. The molecule has 0 aromatic heterocycles. The Balaban J connectivity index is 2.69. The number of rotatable bonds is 6. The zero-order valence-electron chi connectivity index (χ0n) is 10.9. The van der Waals surface area contributed by atoms with Crippen molar-refractivity contribution in [1.29, 1.82) is 0 Å². The highest BCUT2D eigenvalue weighted by Crippen LogP contribution is 2.23. The first-order chi connectivity index (χ1) is 8.95. The number of hydrogen-bond donors (Lipinski definition) is 2. The molecule has 0 radical (unpaired) electrons. The fraction of sp³-hybridized carbons (Fsp3) is 0.385. The minimum absolute atomic E-state index is 0.156. The molecule has 0 heterocycles. The van der Waals surface area contributed by atoms with E-state index in [1.54, 1.807) is 25.1 Å². The van der Waals surface area contributed by atoms with Crippen LogP contribution in [0.4, 0.5) is 0 Å². The summed E-state index contributed by atoms with van der Waals surface area (Å²) >= 11 is 10.9. The van der Waals surface area contributed by atoms with E-state index < -0.39 is 6.10 Å². The van der Waals surface area contributed by atoms with Crippen molar-refractivity contribution in [3.63, 3.8) is 0 Å². The number of amides is 1. The van der Waals surface area contributed by atoms with Crippen molar-refractivity contribution in [3.8, 4) is 5.75 Å². The first-order valence-electron chi connectivity index (χ1n) is 5.99. The molecule has 0 aliphatic rings. The zero-order valence-corrected chi connectivity index (χ0v) is 12.5. The van der Waals surface area contributed by atoms with Crippen molar-refractivity contribution in [1.82, 2.24) is 5.32 Å². The number of ether oxygens (including phenoxy) is 1. The molecule has 6 heteroatoms. The second-order valence-electron chi connectivity index (χ2n) is 4.06. The molecule has 1 unspecified atom stereocenters. The summed E-state index contributed by atoms with van der Waals surface area (Å²) in [5, 5.41) is 3.17. The maximum absolute atomic E-state index is 11.7. The second kappa shape index (κ2) is 7.31. The first-order valence-corrected chi connectivity index (χ1v) is 6.78. The Hall–Kier alpha value is -1.33. The topological polar surface area (TPSA) is 64.3 Å². The van der Waals surface area contributed by atoms with Crippen molar-refractivity contribution >= 4 is 34.7 Å². The molecule has 0 aliphatic heterocycles. The minimum atomic E-state index is -0.585. The average Bonchev–Trinajstić information content (AvgIpc) is 2.35. The molecule has 1 rings (SSSR count). The third-order valence-corrected chi connectivity index (χ3v) is 2.97. The molecule has 19 heavy (non-hydrogen) atoms. The Morgan fingerprint density at radius 1 is 1.58 bits per heavy atom. The van der Waals surface area contributed by atoms with Gasteiger partial charge in [-0.2, -0.15) is 0 Å². The van der Waals surface area contributed by atoms with Crippen molar-refractivity contribution in [2.45, 2.75) is 26.4 Å². The normalized spacial score (nSPS) is 11.7. The fourth-order valence-electron chi connectivity index (χ4n) is 1.42. The second-order valence-corrected chi connectivity index (χ2v) is 4.90. The lowest BCUT2D eigenvalue weighted by atomic mass is 10.2. The molecule has 1 amide bonds. The number of nitrogens with two attached hydrogens (primary N) is 1. The number of benzene rings is 1. The smallest absolute Gasteiger partial charge is 0.260 e. The van der Waals surface area contributed by atoms with Crippen LogP contribution in [0.15, 0.2) is 18.2 Å². The molecular weight excluding hydrogens is 284 g/mol. The van der Waals surface area contributed by atoms with E-state index in [0.717, 1.165) is 6.42 Å². The zero-order chi connectivity index (χ0) is 14.4. The summed E-state index contributed by atoms with van der Waals surface area (Å²) in [6.45, 7) is 4.30. The van der Waals surface area contributed by atoms with E-state index >= 15 is 0 Å². The summed E-state index contributed by atoms with van der Waals surface area (Å²) in [5.41, 5.74) is 6.10. The Morgan fingerprint density at radius 3 is 2.79 bits per heavy atom. The van der Waals surface area contributed by atoms with Gasteiger partial charge in [0, 0.05) is 12.1 Å². The van der Waals surface area contributed by atoms with E-state index in [-0.39, 0.29) is 10.9 Å². The van der Waals surface area contributed by atoms with Crippen LogP contribution in [0, 0.1) is 0 Å². The van der Waals surface area contributed by atoms with E-state index in [0.29, 0.717) is 22.9 Å². The van der Waals surface area contributed by atoms with Crippen molar-refractivity contribution in [2.24, 2.45) is 5.73 Å². The number of thiocarbonyl (C=S) groups is 1. The molecule has 0 aliphatic carbocycles. The molecule has 0 saturated carbocycles. The first kappa shape index (κ1) is 15.7. The van der Waals surface area contributed by atoms with Crippen LogP contribution < -0.4 is 15.8 Å². The van der Waals surface area contributed by atoms with Gasteiger partial charge in [0.15, 0.2) is 6.10 Å². The summed E-state index contributed by atoms with van der Waals surface area (Å²) in [4.78, 5) is 11.9. The molecule has 0 fully saturated rings. The Kier molecular flexibility index (Phi) is 6.05. The van der Waals surface area contributed by atoms with E-state index in [1.165, 1.54) is 0 Å². The number of carbonyl (C=O) groups excluding carboxylic acids is 1. The van der Waals surface area contributed by atoms with Gasteiger partial charge >= 0.3 is 0 Å².